The van der Waals surface area contributed by atoms with Gasteiger partial charge in [-0.2, -0.15) is 0 Å². The number of ketones is 1. The molecule has 0 radical (unpaired) electrons. The summed E-state index contributed by atoms with van der Waals surface area (Å²) in [6, 6.07) is 8.65. The third kappa shape index (κ3) is 3.19. The van der Waals surface area contributed by atoms with Crippen LogP contribution < -0.4 is 0 Å². The Morgan fingerprint density at radius 2 is 1.81 bits per heavy atom. The summed E-state index contributed by atoms with van der Waals surface area (Å²) in [5, 5.41) is 24.4. The number of benzene rings is 1. The molecule has 5 saturated carbocycles. The molecule has 230 valence electrons. The molecule has 7 rings (SSSR count). The van der Waals surface area contributed by atoms with Crippen molar-refractivity contribution in [2.75, 3.05) is 48.1 Å². The van der Waals surface area contributed by atoms with E-state index < -0.39 is 52.5 Å². The quantitative estimate of drug-likeness (QED) is 0.430. The Bertz CT molecular complexity index is 1250. The molecule has 6 aliphatic rings. The maximum atomic E-state index is 14.5. The smallest absolute Gasteiger partial charge is 0.338 e. The van der Waals surface area contributed by atoms with Gasteiger partial charge in [0.1, 0.15) is 17.8 Å². The average Bonchev–Trinajstić information content (AvgIpc) is 3.33. The number of rotatable bonds is 8. The van der Waals surface area contributed by atoms with Gasteiger partial charge in [-0.1, -0.05) is 25.1 Å². The first kappa shape index (κ1) is 28.8. The molecule has 1 heterocycles. The third-order valence-electron chi connectivity index (χ3n) is 12.5. The number of hydrogen-bond donors (Lipinski definition) is 2. The van der Waals surface area contributed by atoms with Crippen LogP contribution in [0.2, 0.25) is 0 Å². The van der Waals surface area contributed by atoms with Crippen molar-refractivity contribution in [3.05, 3.63) is 35.9 Å². The van der Waals surface area contributed by atoms with Crippen molar-refractivity contribution in [3.8, 4) is 0 Å². The minimum atomic E-state index is -1.70. The summed E-state index contributed by atoms with van der Waals surface area (Å²) in [4.78, 5) is 30.4. The zero-order valence-corrected chi connectivity index (χ0v) is 25.0. The highest BCUT2D eigenvalue weighted by Gasteiger charge is 2.87. The van der Waals surface area contributed by atoms with Crippen molar-refractivity contribution in [1.29, 1.82) is 0 Å². The first-order valence-corrected chi connectivity index (χ1v) is 15.2. The highest BCUT2D eigenvalue weighted by molar-refractivity contribution is 5.92. The fraction of sp³-hybridized carbons (Fsp3) is 0.750. The molecule has 1 aromatic rings. The molecule has 5 aliphatic carbocycles. The topological polar surface area (TPSA) is 124 Å². The van der Waals surface area contributed by atoms with Crippen LogP contribution in [0.4, 0.5) is 0 Å². The molecule has 0 amide bonds. The summed E-state index contributed by atoms with van der Waals surface area (Å²) >= 11 is 0. The van der Waals surface area contributed by atoms with E-state index >= 15 is 0 Å². The number of methoxy groups -OCH3 is 4. The molecule has 1 spiro atoms. The average molecular weight is 586 g/mol. The predicted molar refractivity (Wildman–Crippen MR) is 148 cm³/mol. The van der Waals surface area contributed by atoms with Crippen molar-refractivity contribution < 1.29 is 43.5 Å². The zero-order chi connectivity index (χ0) is 29.8. The zero-order valence-electron chi connectivity index (χ0n) is 25.0. The standard InChI is InChI=1S/C32H43NO9/c1-6-33-14-30(15-38-2)18(34)12-19(39-3)32-17-13-31(37)27(42-29(36)16-10-8-7-9-11-16)20(17)21(23(35)28(31)41-5)22(26(32)33)24(40-4)25(30)32/h7-11,17-22,24-28,34,37H,6,12-15H2,1-5H3/t17-,18-,19+,20+,21+,22+,24+,25-,26?,27-,28+,30+,31-,32+/m1/s1. The van der Waals surface area contributed by atoms with Crippen LogP contribution in [0.15, 0.2) is 30.3 Å². The molecule has 10 nitrogen and oxygen atoms in total. The van der Waals surface area contributed by atoms with E-state index in [0.717, 1.165) is 0 Å². The number of fused-ring (bicyclic) bond motifs is 2. The lowest BCUT2D eigenvalue weighted by Crippen LogP contribution is -2.77. The Morgan fingerprint density at radius 1 is 1.07 bits per heavy atom. The van der Waals surface area contributed by atoms with E-state index in [0.29, 0.717) is 31.7 Å². The molecular weight excluding hydrogens is 542 g/mol. The van der Waals surface area contributed by atoms with Gasteiger partial charge in [0.25, 0.3) is 0 Å². The van der Waals surface area contributed by atoms with Gasteiger partial charge >= 0.3 is 5.97 Å². The molecule has 7 bridgehead atoms. The minimum absolute atomic E-state index is 0.0847. The second-order valence-corrected chi connectivity index (χ2v) is 13.5. The van der Waals surface area contributed by atoms with Gasteiger partial charge in [0, 0.05) is 81.9 Å². The Hall–Kier alpha value is -1.92. The van der Waals surface area contributed by atoms with Crippen LogP contribution in [0.3, 0.4) is 0 Å². The summed E-state index contributed by atoms with van der Waals surface area (Å²) in [7, 11) is 6.49. The molecule has 1 saturated heterocycles. The largest absolute Gasteiger partial charge is 0.455 e. The molecule has 42 heavy (non-hydrogen) atoms. The van der Waals surface area contributed by atoms with E-state index in [1.165, 1.54) is 7.11 Å². The molecule has 0 aromatic heterocycles. The molecule has 10 heteroatoms. The first-order valence-electron chi connectivity index (χ1n) is 15.2. The van der Waals surface area contributed by atoms with Crippen LogP contribution in [-0.2, 0) is 28.5 Å². The van der Waals surface area contributed by atoms with Gasteiger partial charge in [0.2, 0.25) is 0 Å². The summed E-state index contributed by atoms with van der Waals surface area (Å²) in [6.45, 7) is 3.77. The number of hydrogen-bond acceptors (Lipinski definition) is 10. The number of aliphatic hydroxyl groups excluding tert-OH is 1. The SMILES string of the molecule is CCN1C[C@]2(COC)[C@H](O)C[C@H](OC)[C@]34C1[C@H]([C@H](OC)[C@H]23)[C@H]1C(=O)[C@H](OC)[C@@]2(O)C[C@@H]4[C@@H]1[C@H]2OC(=O)c1ccccc1. The summed E-state index contributed by atoms with van der Waals surface area (Å²) in [6.07, 6.45) is -2.90. The number of piperidine rings is 1. The number of Topliss-reactive ketones (excluding diaryl/α,β-unsaturated/α-hetero) is 1. The van der Waals surface area contributed by atoms with Crippen molar-refractivity contribution in [2.45, 2.75) is 61.9 Å². The van der Waals surface area contributed by atoms with Gasteiger partial charge in [-0.3, -0.25) is 9.69 Å². The summed E-state index contributed by atoms with van der Waals surface area (Å²) < 4.78 is 30.6. The molecule has 6 fully saturated rings. The lowest BCUT2D eigenvalue weighted by atomic mass is 9.43. The van der Waals surface area contributed by atoms with E-state index in [2.05, 4.69) is 11.8 Å². The monoisotopic (exact) mass is 585 g/mol. The van der Waals surface area contributed by atoms with Gasteiger partial charge in [0.05, 0.1) is 30.5 Å². The molecule has 1 unspecified atom stereocenters. The second kappa shape index (κ2) is 9.79. The van der Waals surface area contributed by atoms with E-state index in [4.69, 9.17) is 23.7 Å². The molecule has 14 atom stereocenters. The summed E-state index contributed by atoms with van der Waals surface area (Å²) in [5.74, 6) is -2.42. The molecule has 1 aromatic carbocycles. The van der Waals surface area contributed by atoms with Gasteiger partial charge in [-0.15, -0.1) is 0 Å². The number of carbonyl (C=O) groups is 2. The highest BCUT2D eigenvalue weighted by atomic mass is 16.6. The van der Waals surface area contributed by atoms with Crippen molar-refractivity contribution in [2.24, 2.45) is 40.4 Å². The number of esters is 1. The van der Waals surface area contributed by atoms with E-state index in [-0.39, 0.29) is 48.2 Å². The van der Waals surface area contributed by atoms with E-state index in [1.807, 2.05) is 6.07 Å². The maximum Gasteiger partial charge on any atom is 0.338 e. The first-order chi connectivity index (χ1) is 20.2. The van der Waals surface area contributed by atoms with Crippen molar-refractivity contribution in [1.82, 2.24) is 4.90 Å². The fourth-order valence-electron chi connectivity index (χ4n) is 11.7. The highest BCUT2D eigenvalue weighted by Crippen LogP contribution is 2.78. The normalized spacial score (nSPS) is 50.2. The van der Waals surface area contributed by atoms with Crippen LogP contribution in [0.5, 0.6) is 0 Å². The number of aliphatic hydroxyl groups is 2. The second-order valence-electron chi connectivity index (χ2n) is 13.5. The van der Waals surface area contributed by atoms with Crippen LogP contribution in [0, 0.1) is 40.4 Å². The number of carbonyl (C=O) groups excluding carboxylic acids is 2. The number of likely N-dealkylation sites (tertiary alicyclic amines) is 1. The van der Waals surface area contributed by atoms with Gasteiger partial charge in [0.15, 0.2) is 5.78 Å². The number of nitrogens with zero attached hydrogens (tertiary/aromatic N) is 1. The Balaban J connectivity index is 1.45. The van der Waals surface area contributed by atoms with Gasteiger partial charge in [-0.05, 0) is 31.0 Å². The Labute approximate surface area is 246 Å². The van der Waals surface area contributed by atoms with Crippen LogP contribution >= 0.6 is 0 Å². The molecule has 2 N–H and O–H groups in total. The molecule has 1 aliphatic heterocycles. The van der Waals surface area contributed by atoms with Crippen molar-refractivity contribution in [3.63, 3.8) is 0 Å². The minimum Gasteiger partial charge on any atom is -0.455 e. The third-order valence-corrected chi connectivity index (χ3v) is 12.5. The lowest BCUT2D eigenvalue weighted by Gasteiger charge is -2.69. The van der Waals surface area contributed by atoms with E-state index in [9.17, 15) is 19.8 Å². The lowest BCUT2D eigenvalue weighted by molar-refractivity contribution is -0.280. The Kier molecular flexibility index (Phi) is 6.72. The maximum absolute atomic E-state index is 14.5. The van der Waals surface area contributed by atoms with Crippen LogP contribution in [0.1, 0.15) is 30.1 Å². The van der Waals surface area contributed by atoms with Crippen LogP contribution in [-0.4, -0.2) is 117 Å². The van der Waals surface area contributed by atoms with Gasteiger partial charge < -0.3 is 33.9 Å². The van der Waals surface area contributed by atoms with Crippen LogP contribution in [0.25, 0.3) is 0 Å². The van der Waals surface area contributed by atoms with E-state index in [1.54, 1.807) is 45.6 Å². The fourth-order valence-corrected chi connectivity index (χ4v) is 11.7. The van der Waals surface area contributed by atoms with Gasteiger partial charge in [-0.25, -0.2) is 4.79 Å². The predicted octanol–water partition coefficient (Wildman–Crippen LogP) is 1.17. The Morgan fingerprint density at radius 3 is 2.43 bits per heavy atom. The summed E-state index contributed by atoms with van der Waals surface area (Å²) in [5.41, 5.74) is -2.56. The van der Waals surface area contributed by atoms with Crippen molar-refractivity contribution >= 4 is 11.8 Å². The molecular formula is C32H43NO9. The number of ether oxygens (including phenoxy) is 5.